The first kappa shape index (κ1) is 13.7. The molecule has 0 unspecified atom stereocenters. The number of nitrogens with one attached hydrogen (secondary N) is 1. The van der Waals surface area contributed by atoms with E-state index in [1.165, 1.54) is 11.3 Å². The van der Waals surface area contributed by atoms with Crippen molar-refractivity contribution in [1.82, 2.24) is 15.1 Å². The number of anilines is 1. The Bertz CT molecular complexity index is 644. The molecule has 1 aromatic carbocycles. The molecule has 2 heterocycles. The van der Waals surface area contributed by atoms with E-state index < -0.39 is 0 Å². The van der Waals surface area contributed by atoms with E-state index in [1.54, 1.807) is 0 Å². The van der Waals surface area contributed by atoms with Gasteiger partial charge < -0.3 is 10.2 Å². The standard InChI is InChI=1S/C16H21N5/c1-3-17-16(18-10-13-11-19-20(2)12-13)21-9-8-14-6-4-5-7-15(14)21/h4-7,11-12H,3,8-10H2,1-2H3,(H,17,18). The van der Waals surface area contributed by atoms with Gasteiger partial charge in [0.2, 0.25) is 0 Å². The lowest BCUT2D eigenvalue weighted by Crippen LogP contribution is -2.40. The maximum Gasteiger partial charge on any atom is 0.198 e. The molecular weight excluding hydrogens is 262 g/mol. The Morgan fingerprint density at radius 2 is 2.24 bits per heavy atom. The first-order valence-corrected chi connectivity index (χ1v) is 7.39. The molecular formula is C16H21N5. The zero-order valence-corrected chi connectivity index (χ0v) is 12.6. The molecule has 1 aliphatic heterocycles. The van der Waals surface area contributed by atoms with Crippen LogP contribution < -0.4 is 10.2 Å². The van der Waals surface area contributed by atoms with E-state index in [9.17, 15) is 0 Å². The number of para-hydroxylation sites is 1. The van der Waals surface area contributed by atoms with Crippen LogP contribution in [0, 0.1) is 0 Å². The van der Waals surface area contributed by atoms with Crippen LogP contribution in [0.3, 0.4) is 0 Å². The maximum absolute atomic E-state index is 4.76. The molecule has 0 saturated heterocycles. The van der Waals surface area contributed by atoms with E-state index in [0.29, 0.717) is 6.54 Å². The van der Waals surface area contributed by atoms with Crippen LogP contribution in [0.2, 0.25) is 0 Å². The SMILES string of the molecule is CCNC(=NCc1cnn(C)c1)N1CCc2ccccc21. The fraction of sp³-hybridized carbons (Fsp3) is 0.375. The maximum atomic E-state index is 4.76. The number of aryl methyl sites for hydroxylation is 1. The monoisotopic (exact) mass is 283 g/mol. The molecule has 0 amide bonds. The molecule has 0 saturated carbocycles. The Labute approximate surface area is 125 Å². The molecule has 21 heavy (non-hydrogen) atoms. The Kier molecular flexibility index (Phi) is 3.90. The van der Waals surface area contributed by atoms with Gasteiger partial charge in [-0.05, 0) is 25.0 Å². The van der Waals surface area contributed by atoms with E-state index >= 15 is 0 Å². The third kappa shape index (κ3) is 2.91. The molecule has 0 radical (unpaired) electrons. The van der Waals surface area contributed by atoms with Gasteiger partial charge >= 0.3 is 0 Å². The molecule has 1 aliphatic rings. The Balaban J connectivity index is 1.82. The van der Waals surface area contributed by atoms with Gasteiger partial charge in [0.05, 0.1) is 12.7 Å². The topological polar surface area (TPSA) is 45.5 Å². The minimum atomic E-state index is 0.648. The fourth-order valence-electron chi connectivity index (χ4n) is 2.67. The number of aliphatic imine (C=N–C) groups is 1. The molecule has 110 valence electrons. The van der Waals surface area contributed by atoms with Gasteiger partial charge in [-0.25, -0.2) is 4.99 Å². The van der Waals surface area contributed by atoms with Gasteiger partial charge in [0.25, 0.3) is 0 Å². The molecule has 0 aliphatic carbocycles. The molecule has 0 fully saturated rings. The van der Waals surface area contributed by atoms with Crippen LogP contribution in [0.1, 0.15) is 18.1 Å². The normalized spacial score (nSPS) is 14.4. The van der Waals surface area contributed by atoms with Crippen molar-refractivity contribution in [1.29, 1.82) is 0 Å². The van der Waals surface area contributed by atoms with Crippen molar-refractivity contribution in [3.8, 4) is 0 Å². The number of nitrogens with zero attached hydrogens (tertiary/aromatic N) is 4. The summed E-state index contributed by atoms with van der Waals surface area (Å²) in [4.78, 5) is 7.03. The second kappa shape index (κ2) is 5.99. The summed E-state index contributed by atoms with van der Waals surface area (Å²) in [6.07, 6.45) is 4.95. The molecule has 2 aromatic rings. The van der Waals surface area contributed by atoms with Gasteiger partial charge in [-0.1, -0.05) is 18.2 Å². The third-order valence-electron chi connectivity index (χ3n) is 3.65. The lowest BCUT2D eigenvalue weighted by molar-refractivity contribution is 0.766. The summed E-state index contributed by atoms with van der Waals surface area (Å²) in [7, 11) is 1.93. The quantitative estimate of drug-likeness (QED) is 0.692. The lowest BCUT2D eigenvalue weighted by atomic mass is 10.2. The first-order chi connectivity index (χ1) is 10.3. The predicted octanol–water partition coefficient (Wildman–Crippen LogP) is 1.95. The molecule has 0 atom stereocenters. The highest BCUT2D eigenvalue weighted by Gasteiger charge is 2.22. The zero-order chi connectivity index (χ0) is 14.7. The largest absolute Gasteiger partial charge is 0.356 e. The Morgan fingerprint density at radius 3 is 3.00 bits per heavy atom. The smallest absolute Gasteiger partial charge is 0.198 e. The van der Waals surface area contributed by atoms with Gasteiger partial charge in [-0.15, -0.1) is 0 Å². The zero-order valence-electron chi connectivity index (χ0n) is 12.6. The highest BCUT2D eigenvalue weighted by molar-refractivity contribution is 5.97. The minimum absolute atomic E-state index is 0.648. The number of rotatable bonds is 3. The van der Waals surface area contributed by atoms with Crippen LogP contribution >= 0.6 is 0 Å². The van der Waals surface area contributed by atoms with Crippen molar-refractivity contribution < 1.29 is 0 Å². The summed E-state index contributed by atoms with van der Waals surface area (Å²) in [5.74, 6) is 0.950. The average molecular weight is 283 g/mol. The third-order valence-corrected chi connectivity index (χ3v) is 3.65. The van der Waals surface area contributed by atoms with E-state index in [0.717, 1.165) is 31.0 Å². The summed E-state index contributed by atoms with van der Waals surface area (Å²) >= 11 is 0. The van der Waals surface area contributed by atoms with Gasteiger partial charge in [0.15, 0.2) is 5.96 Å². The van der Waals surface area contributed by atoms with E-state index in [2.05, 4.69) is 46.5 Å². The molecule has 5 nitrogen and oxygen atoms in total. The van der Waals surface area contributed by atoms with E-state index in [4.69, 9.17) is 4.99 Å². The van der Waals surface area contributed by atoms with E-state index in [1.807, 2.05) is 24.1 Å². The van der Waals surface area contributed by atoms with Crippen LogP contribution in [-0.4, -0.2) is 28.8 Å². The predicted molar refractivity (Wildman–Crippen MR) is 85.5 cm³/mol. The molecule has 0 spiro atoms. The summed E-state index contributed by atoms with van der Waals surface area (Å²) in [6.45, 7) is 4.60. The second-order valence-corrected chi connectivity index (χ2v) is 5.22. The molecule has 1 N–H and O–H groups in total. The molecule has 1 aromatic heterocycles. The number of guanidine groups is 1. The van der Waals surface area contributed by atoms with Crippen LogP contribution in [0.5, 0.6) is 0 Å². The van der Waals surface area contributed by atoms with Gasteiger partial charge in [0, 0.05) is 37.6 Å². The minimum Gasteiger partial charge on any atom is -0.356 e. The van der Waals surface area contributed by atoms with Crippen LogP contribution in [0.25, 0.3) is 0 Å². The van der Waals surface area contributed by atoms with Gasteiger partial charge in [-0.3, -0.25) is 4.68 Å². The number of benzene rings is 1. The Hall–Kier alpha value is -2.30. The molecule has 3 rings (SSSR count). The van der Waals surface area contributed by atoms with Gasteiger partial charge in [-0.2, -0.15) is 5.10 Å². The number of aromatic nitrogens is 2. The lowest BCUT2D eigenvalue weighted by Gasteiger charge is -2.22. The average Bonchev–Trinajstić information content (AvgIpc) is 3.10. The van der Waals surface area contributed by atoms with Crippen molar-refractivity contribution >= 4 is 11.6 Å². The van der Waals surface area contributed by atoms with Crippen LogP contribution in [0.4, 0.5) is 5.69 Å². The summed E-state index contributed by atoms with van der Waals surface area (Å²) < 4.78 is 1.81. The number of hydrogen-bond donors (Lipinski definition) is 1. The van der Waals surface area contributed by atoms with E-state index in [-0.39, 0.29) is 0 Å². The van der Waals surface area contributed by atoms with Crippen molar-refractivity contribution in [2.75, 3.05) is 18.0 Å². The first-order valence-electron chi connectivity index (χ1n) is 7.39. The Morgan fingerprint density at radius 1 is 1.38 bits per heavy atom. The van der Waals surface area contributed by atoms with Gasteiger partial charge in [0.1, 0.15) is 0 Å². The highest BCUT2D eigenvalue weighted by atomic mass is 15.3. The fourth-order valence-corrected chi connectivity index (χ4v) is 2.67. The second-order valence-electron chi connectivity index (χ2n) is 5.22. The van der Waals surface area contributed by atoms with Crippen molar-refractivity contribution in [2.24, 2.45) is 12.0 Å². The summed E-state index contributed by atoms with van der Waals surface area (Å²) in [5, 5.41) is 7.58. The van der Waals surface area contributed by atoms with Crippen molar-refractivity contribution in [2.45, 2.75) is 19.9 Å². The summed E-state index contributed by atoms with van der Waals surface area (Å²) in [5.41, 5.74) is 3.79. The van der Waals surface area contributed by atoms with Crippen LogP contribution in [-0.2, 0) is 20.0 Å². The van der Waals surface area contributed by atoms with Crippen molar-refractivity contribution in [3.05, 3.63) is 47.8 Å². The van der Waals surface area contributed by atoms with Crippen molar-refractivity contribution in [3.63, 3.8) is 0 Å². The number of hydrogen-bond acceptors (Lipinski definition) is 2. The summed E-state index contributed by atoms with van der Waals surface area (Å²) in [6, 6.07) is 8.54. The number of fused-ring (bicyclic) bond motifs is 1. The molecule has 0 bridgehead atoms. The molecule has 5 heteroatoms. The van der Waals surface area contributed by atoms with Crippen LogP contribution in [0.15, 0.2) is 41.7 Å². The highest BCUT2D eigenvalue weighted by Crippen LogP contribution is 2.27.